The molecule has 1 unspecified atom stereocenters. The highest BCUT2D eigenvalue weighted by molar-refractivity contribution is 5.95. The summed E-state index contributed by atoms with van der Waals surface area (Å²) in [5, 5.41) is 2.62. The molecule has 0 radical (unpaired) electrons. The van der Waals surface area contributed by atoms with Crippen molar-refractivity contribution in [1.29, 1.82) is 0 Å². The van der Waals surface area contributed by atoms with Crippen LogP contribution in [0, 0.1) is 11.6 Å². The van der Waals surface area contributed by atoms with Gasteiger partial charge in [0.25, 0.3) is 5.91 Å². The van der Waals surface area contributed by atoms with Gasteiger partial charge in [0.15, 0.2) is 5.82 Å². The minimum Gasteiger partial charge on any atom is -0.396 e. The van der Waals surface area contributed by atoms with Gasteiger partial charge in [-0.05, 0) is 25.0 Å². The lowest BCUT2D eigenvalue weighted by molar-refractivity contribution is 0.0925. The molecule has 0 bridgehead atoms. The predicted octanol–water partition coefficient (Wildman–Crippen LogP) is 2.86. The molecular formula is C13H18F2N2O. The van der Waals surface area contributed by atoms with Crippen LogP contribution in [0.15, 0.2) is 12.1 Å². The molecule has 5 heteroatoms. The Morgan fingerprint density at radius 1 is 1.39 bits per heavy atom. The van der Waals surface area contributed by atoms with Crippen LogP contribution in [0.25, 0.3) is 0 Å². The fraction of sp³-hybridized carbons (Fsp3) is 0.462. The van der Waals surface area contributed by atoms with Crippen LogP contribution in [0.3, 0.4) is 0 Å². The van der Waals surface area contributed by atoms with Gasteiger partial charge in [0.05, 0.1) is 5.69 Å². The Labute approximate surface area is 105 Å². The van der Waals surface area contributed by atoms with E-state index in [9.17, 15) is 13.6 Å². The van der Waals surface area contributed by atoms with Crippen molar-refractivity contribution in [2.24, 2.45) is 0 Å². The highest BCUT2D eigenvalue weighted by Gasteiger charge is 2.21. The molecule has 1 amide bonds. The van der Waals surface area contributed by atoms with Gasteiger partial charge in [-0.3, -0.25) is 4.79 Å². The first kappa shape index (κ1) is 14.4. The zero-order chi connectivity index (χ0) is 13.7. The fourth-order valence-electron chi connectivity index (χ4n) is 1.76. The average molecular weight is 256 g/mol. The lowest BCUT2D eigenvalue weighted by Crippen LogP contribution is -2.35. The van der Waals surface area contributed by atoms with Crippen molar-refractivity contribution < 1.29 is 13.6 Å². The summed E-state index contributed by atoms with van der Waals surface area (Å²) in [6, 6.07) is 2.02. The second-order valence-electron chi connectivity index (χ2n) is 4.19. The van der Waals surface area contributed by atoms with Crippen molar-refractivity contribution in [3.63, 3.8) is 0 Å². The van der Waals surface area contributed by atoms with E-state index < -0.39 is 23.1 Å². The van der Waals surface area contributed by atoms with Gasteiger partial charge in [0.2, 0.25) is 0 Å². The molecule has 3 nitrogen and oxygen atoms in total. The summed E-state index contributed by atoms with van der Waals surface area (Å²) >= 11 is 0. The van der Waals surface area contributed by atoms with Crippen molar-refractivity contribution in [3.05, 3.63) is 29.3 Å². The van der Waals surface area contributed by atoms with Gasteiger partial charge < -0.3 is 11.1 Å². The third kappa shape index (κ3) is 3.18. The third-order valence-corrected chi connectivity index (χ3v) is 2.81. The molecule has 1 atom stereocenters. The smallest absolute Gasteiger partial charge is 0.257 e. The Morgan fingerprint density at radius 2 is 2.06 bits per heavy atom. The third-order valence-electron chi connectivity index (χ3n) is 2.81. The molecule has 0 aromatic heterocycles. The van der Waals surface area contributed by atoms with Crippen molar-refractivity contribution in [2.45, 2.75) is 39.2 Å². The maximum atomic E-state index is 13.6. The maximum Gasteiger partial charge on any atom is 0.257 e. The number of hydrogen-bond acceptors (Lipinski definition) is 2. The molecule has 1 aromatic carbocycles. The molecule has 0 fully saturated rings. The molecule has 1 rings (SSSR count). The van der Waals surface area contributed by atoms with Crippen LogP contribution in [0.2, 0.25) is 0 Å². The number of rotatable bonds is 5. The number of nitrogens with two attached hydrogens (primary N) is 1. The normalized spacial score (nSPS) is 12.2. The van der Waals surface area contributed by atoms with Gasteiger partial charge in [0.1, 0.15) is 11.4 Å². The number of halogens is 2. The van der Waals surface area contributed by atoms with Gasteiger partial charge in [-0.15, -0.1) is 0 Å². The van der Waals surface area contributed by atoms with Gasteiger partial charge in [-0.1, -0.05) is 20.3 Å². The molecule has 0 aliphatic carbocycles. The van der Waals surface area contributed by atoms with E-state index in [0.717, 1.165) is 25.0 Å². The molecule has 1 aromatic rings. The van der Waals surface area contributed by atoms with E-state index in [-0.39, 0.29) is 11.7 Å². The zero-order valence-electron chi connectivity index (χ0n) is 10.6. The highest BCUT2D eigenvalue weighted by Crippen LogP contribution is 2.19. The van der Waals surface area contributed by atoms with E-state index in [1.807, 2.05) is 13.8 Å². The number of carbonyl (C=O) groups is 1. The molecule has 3 N–H and O–H groups in total. The molecule has 0 heterocycles. The molecule has 100 valence electrons. The van der Waals surface area contributed by atoms with Gasteiger partial charge in [0, 0.05) is 6.04 Å². The van der Waals surface area contributed by atoms with E-state index in [4.69, 9.17) is 5.73 Å². The first-order valence-electron chi connectivity index (χ1n) is 6.05. The monoisotopic (exact) mass is 256 g/mol. The van der Waals surface area contributed by atoms with Crippen LogP contribution < -0.4 is 11.1 Å². The molecule has 18 heavy (non-hydrogen) atoms. The van der Waals surface area contributed by atoms with E-state index in [2.05, 4.69) is 5.32 Å². The molecule has 0 saturated heterocycles. The second-order valence-corrected chi connectivity index (χ2v) is 4.19. The number of anilines is 1. The fourth-order valence-corrected chi connectivity index (χ4v) is 1.76. The van der Waals surface area contributed by atoms with Crippen molar-refractivity contribution in [1.82, 2.24) is 5.32 Å². The number of benzene rings is 1. The topological polar surface area (TPSA) is 55.1 Å². The van der Waals surface area contributed by atoms with Gasteiger partial charge in [-0.25, -0.2) is 8.78 Å². The Bertz CT molecular complexity index is 435. The molecule has 0 spiro atoms. The maximum absolute atomic E-state index is 13.6. The van der Waals surface area contributed by atoms with Crippen LogP contribution in [0.4, 0.5) is 14.5 Å². The van der Waals surface area contributed by atoms with Crippen molar-refractivity contribution in [2.75, 3.05) is 5.73 Å². The predicted molar refractivity (Wildman–Crippen MR) is 67.2 cm³/mol. The summed E-state index contributed by atoms with van der Waals surface area (Å²) in [5.41, 5.74) is 4.49. The number of hydrogen-bond donors (Lipinski definition) is 2. The Morgan fingerprint density at radius 3 is 2.61 bits per heavy atom. The minimum absolute atomic E-state index is 0.0808. The largest absolute Gasteiger partial charge is 0.396 e. The van der Waals surface area contributed by atoms with Crippen LogP contribution >= 0.6 is 0 Å². The lowest BCUT2D eigenvalue weighted by atomic mass is 10.1. The standard InChI is InChI=1S/C13H18F2N2O/c1-3-5-8(4-2)17-13(18)11-9(14)6-7-10(16)12(11)15/h6-8H,3-5,16H2,1-2H3,(H,17,18). The summed E-state index contributed by atoms with van der Waals surface area (Å²) in [6.45, 7) is 3.89. The van der Waals surface area contributed by atoms with Crippen LogP contribution in [-0.4, -0.2) is 11.9 Å². The molecule has 0 aliphatic heterocycles. The SMILES string of the molecule is CCCC(CC)NC(=O)c1c(F)ccc(N)c1F. The van der Waals surface area contributed by atoms with E-state index in [0.29, 0.717) is 6.42 Å². The number of amides is 1. The quantitative estimate of drug-likeness (QED) is 0.796. The van der Waals surface area contributed by atoms with Gasteiger partial charge in [-0.2, -0.15) is 0 Å². The first-order valence-corrected chi connectivity index (χ1v) is 6.05. The molecule has 0 aliphatic rings. The Kier molecular flexibility index (Phi) is 5.07. The second kappa shape index (κ2) is 6.33. The van der Waals surface area contributed by atoms with E-state index >= 15 is 0 Å². The number of nitrogens with one attached hydrogen (secondary N) is 1. The number of nitrogen functional groups attached to an aromatic ring is 1. The van der Waals surface area contributed by atoms with E-state index in [1.165, 1.54) is 0 Å². The zero-order valence-corrected chi connectivity index (χ0v) is 10.6. The summed E-state index contributed by atoms with van der Waals surface area (Å²) in [6.07, 6.45) is 2.37. The van der Waals surface area contributed by atoms with E-state index in [1.54, 1.807) is 0 Å². The summed E-state index contributed by atoms with van der Waals surface area (Å²) in [5.74, 6) is -2.65. The lowest BCUT2D eigenvalue weighted by Gasteiger charge is -2.16. The first-order chi connectivity index (χ1) is 8.51. The average Bonchev–Trinajstić information content (AvgIpc) is 2.34. The van der Waals surface area contributed by atoms with Crippen LogP contribution in [0.1, 0.15) is 43.5 Å². The minimum atomic E-state index is -1.00. The van der Waals surface area contributed by atoms with Crippen molar-refractivity contribution >= 4 is 11.6 Å². The Hall–Kier alpha value is -1.65. The number of carbonyl (C=O) groups excluding carboxylic acids is 1. The molecule has 0 saturated carbocycles. The van der Waals surface area contributed by atoms with Crippen LogP contribution in [0.5, 0.6) is 0 Å². The Balaban J connectivity index is 2.93. The summed E-state index contributed by atoms with van der Waals surface area (Å²) in [7, 11) is 0. The van der Waals surface area contributed by atoms with Crippen molar-refractivity contribution in [3.8, 4) is 0 Å². The highest BCUT2D eigenvalue weighted by atomic mass is 19.1. The summed E-state index contributed by atoms with van der Waals surface area (Å²) in [4.78, 5) is 11.8. The van der Waals surface area contributed by atoms with Gasteiger partial charge >= 0.3 is 0 Å². The van der Waals surface area contributed by atoms with Crippen LogP contribution in [-0.2, 0) is 0 Å². The summed E-state index contributed by atoms with van der Waals surface area (Å²) < 4.78 is 27.1. The molecular weight excluding hydrogens is 238 g/mol.